The van der Waals surface area contributed by atoms with Crippen molar-refractivity contribution in [1.82, 2.24) is 15.0 Å². The number of amides is 1. The van der Waals surface area contributed by atoms with Gasteiger partial charge in [0, 0.05) is 11.3 Å². The molecule has 2 aromatic heterocycles. The maximum absolute atomic E-state index is 12.6. The molecule has 1 aliphatic heterocycles. The molecule has 0 radical (unpaired) electrons. The number of hydrogen-bond donors (Lipinski definition) is 1. The number of benzene rings is 1. The molecule has 29 heavy (non-hydrogen) atoms. The smallest absolute Gasteiger partial charge is 0.253 e. The first-order valence-electron chi connectivity index (χ1n) is 9.83. The summed E-state index contributed by atoms with van der Waals surface area (Å²) in [7, 11) is 0. The fourth-order valence-electron chi connectivity index (χ4n) is 3.90. The van der Waals surface area contributed by atoms with Crippen molar-refractivity contribution < 1.29 is 4.79 Å². The van der Waals surface area contributed by atoms with Gasteiger partial charge in [-0.3, -0.25) is 4.79 Å². The van der Waals surface area contributed by atoms with Gasteiger partial charge in [-0.1, -0.05) is 42.1 Å². The predicted molar refractivity (Wildman–Crippen MR) is 119 cm³/mol. The molecule has 0 fully saturated rings. The molecule has 0 bridgehead atoms. The van der Waals surface area contributed by atoms with E-state index in [0.717, 1.165) is 40.8 Å². The second-order valence-electron chi connectivity index (χ2n) is 7.25. The van der Waals surface area contributed by atoms with Gasteiger partial charge in [0.25, 0.3) is 5.91 Å². The Kier molecular flexibility index (Phi) is 4.97. The van der Waals surface area contributed by atoms with Crippen molar-refractivity contribution in [2.24, 2.45) is 5.10 Å². The summed E-state index contributed by atoms with van der Waals surface area (Å²) in [4.78, 5) is 24.1. The van der Waals surface area contributed by atoms with Gasteiger partial charge in [-0.15, -0.1) is 11.3 Å². The van der Waals surface area contributed by atoms with Crippen molar-refractivity contribution in [2.45, 2.75) is 37.3 Å². The van der Waals surface area contributed by atoms with Crippen molar-refractivity contribution in [1.29, 1.82) is 0 Å². The van der Waals surface area contributed by atoms with Crippen LogP contribution in [0, 0.1) is 0 Å². The summed E-state index contributed by atoms with van der Waals surface area (Å²) in [5.74, 6) is 0.755. The molecular formula is C21H21N5OS2. The van der Waals surface area contributed by atoms with Gasteiger partial charge >= 0.3 is 0 Å². The topological polar surface area (TPSA) is 84.5 Å². The molecule has 0 unspecified atom stereocenters. The van der Waals surface area contributed by atoms with Crippen LogP contribution < -0.4 is 5.73 Å². The molecule has 2 aliphatic rings. The number of anilines is 1. The van der Waals surface area contributed by atoms with Crippen LogP contribution in [0.25, 0.3) is 10.2 Å². The van der Waals surface area contributed by atoms with E-state index >= 15 is 0 Å². The lowest BCUT2D eigenvalue weighted by Crippen LogP contribution is -2.25. The van der Waals surface area contributed by atoms with Gasteiger partial charge < -0.3 is 5.73 Å². The number of carbonyl (C=O) groups is 1. The molecule has 2 N–H and O–H groups in total. The maximum Gasteiger partial charge on any atom is 0.253 e. The standard InChI is InChI=1S/C21H21N5OS2/c22-19-18-14-8-4-5-9-16(14)29-20(18)24-21(23-19)28-12-17(27)26-11-10-15(25-26)13-6-2-1-3-7-13/h1-3,6-7H,4-5,8-12H2,(H2,22,23,24). The van der Waals surface area contributed by atoms with Crippen LogP contribution >= 0.6 is 23.1 Å². The Morgan fingerprint density at radius 1 is 1.14 bits per heavy atom. The minimum absolute atomic E-state index is 0.0336. The van der Waals surface area contributed by atoms with E-state index < -0.39 is 0 Å². The normalized spacial score (nSPS) is 16.1. The molecule has 3 aromatic rings. The van der Waals surface area contributed by atoms with Gasteiger partial charge in [-0.25, -0.2) is 15.0 Å². The second kappa shape index (κ2) is 7.76. The fraction of sp³-hybridized carbons (Fsp3) is 0.333. The van der Waals surface area contributed by atoms with E-state index in [-0.39, 0.29) is 11.7 Å². The van der Waals surface area contributed by atoms with Gasteiger partial charge in [-0.2, -0.15) is 5.10 Å². The molecule has 1 aliphatic carbocycles. The van der Waals surface area contributed by atoms with E-state index in [1.165, 1.54) is 35.0 Å². The predicted octanol–water partition coefficient (Wildman–Crippen LogP) is 3.88. The zero-order valence-corrected chi connectivity index (χ0v) is 17.6. The summed E-state index contributed by atoms with van der Waals surface area (Å²) in [5, 5.41) is 7.65. The van der Waals surface area contributed by atoms with Crippen molar-refractivity contribution in [3.05, 3.63) is 46.3 Å². The third-order valence-electron chi connectivity index (χ3n) is 5.34. The first-order valence-corrected chi connectivity index (χ1v) is 11.6. The highest BCUT2D eigenvalue weighted by atomic mass is 32.2. The highest BCUT2D eigenvalue weighted by Gasteiger charge is 2.23. The molecule has 0 atom stereocenters. The van der Waals surface area contributed by atoms with Crippen LogP contribution in [-0.4, -0.2) is 38.9 Å². The van der Waals surface area contributed by atoms with E-state index in [9.17, 15) is 4.79 Å². The van der Waals surface area contributed by atoms with E-state index in [4.69, 9.17) is 5.73 Å². The molecule has 1 aromatic carbocycles. The number of nitrogens with zero attached hydrogens (tertiary/aromatic N) is 4. The largest absolute Gasteiger partial charge is 0.383 e. The van der Waals surface area contributed by atoms with Crippen LogP contribution in [0.2, 0.25) is 0 Å². The molecule has 5 rings (SSSR count). The van der Waals surface area contributed by atoms with Crippen LogP contribution in [0.3, 0.4) is 0 Å². The number of nitrogen functional groups attached to an aromatic ring is 1. The highest BCUT2D eigenvalue weighted by Crippen LogP contribution is 2.38. The Hall–Kier alpha value is -2.45. The van der Waals surface area contributed by atoms with Gasteiger partial charge in [0.05, 0.1) is 23.4 Å². The minimum Gasteiger partial charge on any atom is -0.383 e. The zero-order chi connectivity index (χ0) is 19.8. The lowest BCUT2D eigenvalue weighted by atomic mass is 9.97. The number of carbonyl (C=O) groups excluding carboxylic acids is 1. The van der Waals surface area contributed by atoms with Crippen molar-refractivity contribution >= 4 is 50.8 Å². The van der Waals surface area contributed by atoms with Gasteiger partial charge in [0.2, 0.25) is 0 Å². The van der Waals surface area contributed by atoms with Crippen LogP contribution in [0.15, 0.2) is 40.6 Å². The summed E-state index contributed by atoms with van der Waals surface area (Å²) in [6.07, 6.45) is 5.36. The number of hydrazone groups is 1. The van der Waals surface area contributed by atoms with Crippen molar-refractivity contribution in [3.8, 4) is 0 Å². The molecule has 1 amide bonds. The quantitative estimate of drug-likeness (QED) is 0.508. The first-order chi connectivity index (χ1) is 14.2. The van der Waals surface area contributed by atoms with Crippen LogP contribution in [0.1, 0.15) is 35.3 Å². The SMILES string of the molecule is Nc1nc(SCC(=O)N2CCC(c3ccccc3)=N2)nc2sc3c(c12)CCCC3. The van der Waals surface area contributed by atoms with Crippen molar-refractivity contribution in [2.75, 3.05) is 18.0 Å². The number of hydrogen-bond acceptors (Lipinski definition) is 7. The zero-order valence-electron chi connectivity index (χ0n) is 15.9. The minimum atomic E-state index is -0.0336. The highest BCUT2D eigenvalue weighted by molar-refractivity contribution is 7.99. The molecular weight excluding hydrogens is 402 g/mol. The Morgan fingerprint density at radius 2 is 1.97 bits per heavy atom. The average molecular weight is 424 g/mol. The number of aryl methyl sites for hydroxylation is 2. The summed E-state index contributed by atoms with van der Waals surface area (Å²) in [6.45, 7) is 0.614. The molecule has 6 nitrogen and oxygen atoms in total. The molecule has 148 valence electrons. The Labute approximate surface area is 177 Å². The number of fused-ring (bicyclic) bond motifs is 3. The first kappa shape index (κ1) is 18.6. The summed E-state index contributed by atoms with van der Waals surface area (Å²) in [5.41, 5.74) is 9.62. The molecule has 0 spiro atoms. The second-order valence-corrected chi connectivity index (χ2v) is 9.28. The van der Waals surface area contributed by atoms with Crippen LogP contribution in [0.4, 0.5) is 5.82 Å². The number of nitrogens with two attached hydrogens (primary N) is 1. The van der Waals surface area contributed by atoms with Crippen LogP contribution in [0.5, 0.6) is 0 Å². The van der Waals surface area contributed by atoms with Gasteiger partial charge in [-0.05, 0) is 36.8 Å². The third kappa shape index (κ3) is 3.62. The molecule has 8 heteroatoms. The molecule has 0 saturated carbocycles. The Morgan fingerprint density at radius 3 is 2.83 bits per heavy atom. The van der Waals surface area contributed by atoms with Crippen LogP contribution in [-0.2, 0) is 17.6 Å². The van der Waals surface area contributed by atoms with Gasteiger partial charge in [0.1, 0.15) is 10.6 Å². The molecule has 0 saturated heterocycles. The number of rotatable bonds is 4. The van der Waals surface area contributed by atoms with E-state index in [0.29, 0.717) is 17.5 Å². The third-order valence-corrected chi connectivity index (χ3v) is 7.36. The fourth-order valence-corrected chi connectivity index (χ4v) is 5.95. The summed E-state index contributed by atoms with van der Waals surface area (Å²) in [6, 6.07) is 9.99. The summed E-state index contributed by atoms with van der Waals surface area (Å²) >= 11 is 3.06. The van der Waals surface area contributed by atoms with Gasteiger partial charge in [0.15, 0.2) is 5.16 Å². The number of thioether (sulfide) groups is 1. The number of aromatic nitrogens is 2. The van der Waals surface area contributed by atoms with Crippen molar-refractivity contribution in [3.63, 3.8) is 0 Å². The Balaban J connectivity index is 1.29. The summed E-state index contributed by atoms with van der Waals surface area (Å²) < 4.78 is 0. The number of thiophene rings is 1. The monoisotopic (exact) mass is 423 g/mol. The molecule has 3 heterocycles. The van der Waals surface area contributed by atoms with E-state index in [1.54, 1.807) is 16.3 Å². The van der Waals surface area contributed by atoms with E-state index in [1.807, 2.05) is 30.3 Å². The Bertz CT molecular complexity index is 1110. The lowest BCUT2D eigenvalue weighted by molar-refractivity contribution is -0.127. The average Bonchev–Trinajstić information content (AvgIpc) is 3.38. The van der Waals surface area contributed by atoms with E-state index in [2.05, 4.69) is 15.1 Å². The maximum atomic E-state index is 12.6. The lowest BCUT2D eigenvalue weighted by Gasteiger charge is -2.11.